The highest BCUT2D eigenvalue weighted by atomic mass is 16.5. The van der Waals surface area contributed by atoms with Gasteiger partial charge in [0.1, 0.15) is 12.1 Å². The third kappa shape index (κ3) is 15.5. The lowest BCUT2D eigenvalue weighted by Gasteiger charge is -2.25. The number of unbranched alkanes of at least 4 members (excludes halogenated alkanes) is 1. The molecule has 0 saturated heterocycles. The number of rotatable bonds is 17. The zero-order chi connectivity index (χ0) is 25.6. The monoisotopic (exact) mass is 475 g/mol. The number of carbonyl (C=O) groups is 5. The molecular formula is C21H37N3O9. The first-order valence-electron chi connectivity index (χ1n) is 10.9. The molecule has 6 N–H and O–H groups in total. The summed E-state index contributed by atoms with van der Waals surface area (Å²) in [5.74, 6) is -4.07. The van der Waals surface area contributed by atoms with Crippen LogP contribution >= 0.6 is 0 Å². The molecule has 0 aliphatic carbocycles. The fourth-order valence-corrected chi connectivity index (χ4v) is 2.78. The van der Waals surface area contributed by atoms with E-state index in [2.05, 4.69) is 16.0 Å². The molecule has 0 aromatic rings. The molecule has 12 heteroatoms. The van der Waals surface area contributed by atoms with E-state index < -0.39 is 42.4 Å². The van der Waals surface area contributed by atoms with Crippen molar-refractivity contribution in [3.05, 3.63) is 0 Å². The highest BCUT2D eigenvalue weighted by Crippen LogP contribution is 2.21. The van der Waals surface area contributed by atoms with Crippen LogP contribution in [0.2, 0.25) is 0 Å². The van der Waals surface area contributed by atoms with Crippen LogP contribution in [0.25, 0.3) is 0 Å². The van der Waals surface area contributed by atoms with Crippen LogP contribution in [0.15, 0.2) is 0 Å². The maximum Gasteiger partial charge on any atom is 0.326 e. The highest BCUT2D eigenvalue weighted by molar-refractivity contribution is 5.86. The van der Waals surface area contributed by atoms with Gasteiger partial charge in [-0.05, 0) is 44.9 Å². The molecule has 12 nitrogen and oxygen atoms in total. The van der Waals surface area contributed by atoms with Gasteiger partial charge in [-0.1, -0.05) is 13.8 Å². The van der Waals surface area contributed by atoms with Crippen molar-refractivity contribution in [3.63, 3.8) is 0 Å². The highest BCUT2D eigenvalue weighted by Gasteiger charge is 2.25. The van der Waals surface area contributed by atoms with Gasteiger partial charge < -0.3 is 36.0 Å². The lowest BCUT2D eigenvalue weighted by molar-refractivity contribution is -0.140. The van der Waals surface area contributed by atoms with E-state index in [1.807, 2.05) is 27.7 Å². The van der Waals surface area contributed by atoms with Gasteiger partial charge in [-0.25, -0.2) is 14.4 Å². The second kappa shape index (κ2) is 15.0. The Hall–Kier alpha value is -2.89. The summed E-state index contributed by atoms with van der Waals surface area (Å²) in [6, 6.07) is -3.73. The predicted octanol–water partition coefficient (Wildman–Crippen LogP) is 1.18. The number of carboxylic acids is 3. The normalized spacial score (nSPS) is 13.1. The van der Waals surface area contributed by atoms with Crippen molar-refractivity contribution in [1.82, 2.24) is 16.0 Å². The number of carbonyl (C=O) groups excluding carboxylic acids is 2. The summed E-state index contributed by atoms with van der Waals surface area (Å²) in [6.45, 7) is 8.49. The Morgan fingerprint density at radius 2 is 1.42 bits per heavy atom. The predicted molar refractivity (Wildman–Crippen MR) is 118 cm³/mol. The number of hydrogen-bond acceptors (Lipinski definition) is 6. The standard InChI is InChI=1S/C21H37N3O9/c1-13(2)33-12-21(3,4)11-16(25)22-10-6-5-7-14(18(28)29)23-20(32)24-15(19(30)31)8-9-17(26)27/h13-15H,5-12H2,1-4H3,(H,22,25)(H,26,27)(H,28,29)(H,30,31)(H2,23,24,32). The van der Waals surface area contributed by atoms with Gasteiger partial charge >= 0.3 is 23.9 Å². The van der Waals surface area contributed by atoms with Crippen molar-refractivity contribution >= 4 is 29.8 Å². The molecule has 0 aliphatic heterocycles. The molecule has 0 aromatic carbocycles. The number of amides is 3. The fraction of sp³-hybridized carbons (Fsp3) is 0.762. The largest absolute Gasteiger partial charge is 0.481 e. The van der Waals surface area contributed by atoms with Crippen LogP contribution in [0, 0.1) is 5.41 Å². The SMILES string of the molecule is CC(C)OCC(C)(C)CC(=O)NCCCCC(NC(=O)NC(CCC(=O)O)C(=O)O)C(=O)O. The molecule has 0 heterocycles. The summed E-state index contributed by atoms with van der Waals surface area (Å²) in [4.78, 5) is 57.2. The van der Waals surface area contributed by atoms with Crippen LogP contribution in [0.1, 0.15) is 66.2 Å². The van der Waals surface area contributed by atoms with Crippen LogP contribution in [-0.4, -0.2) is 76.5 Å². The topological polar surface area (TPSA) is 191 Å². The Morgan fingerprint density at radius 1 is 0.879 bits per heavy atom. The molecule has 2 unspecified atom stereocenters. The van der Waals surface area contributed by atoms with Gasteiger partial charge in [0.25, 0.3) is 0 Å². The van der Waals surface area contributed by atoms with Gasteiger partial charge in [0.15, 0.2) is 0 Å². The molecule has 0 bridgehead atoms. The molecule has 0 rings (SSSR count). The van der Waals surface area contributed by atoms with E-state index in [1.54, 1.807) is 0 Å². The molecule has 33 heavy (non-hydrogen) atoms. The Labute approximate surface area is 193 Å². The summed E-state index contributed by atoms with van der Waals surface area (Å²) in [5.41, 5.74) is -0.321. The van der Waals surface area contributed by atoms with Gasteiger partial charge in [-0.3, -0.25) is 9.59 Å². The van der Waals surface area contributed by atoms with Gasteiger partial charge in [-0.15, -0.1) is 0 Å². The minimum absolute atomic E-state index is 0.0687. The summed E-state index contributed by atoms with van der Waals surface area (Å²) in [7, 11) is 0. The second-order valence-electron chi connectivity index (χ2n) is 8.88. The quantitative estimate of drug-likeness (QED) is 0.168. The van der Waals surface area contributed by atoms with Gasteiger partial charge in [-0.2, -0.15) is 0 Å². The van der Waals surface area contributed by atoms with E-state index in [-0.39, 0.29) is 36.7 Å². The molecule has 190 valence electrons. The third-order valence-electron chi connectivity index (χ3n) is 4.54. The van der Waals surface area contributed by atoms with Crippen molar-refractivity contribution in [2.45, 2.75) is 84.4 Å². The molecule has 3 amide bonds. The summed E-state index contributed by atoms with van der Waals surface area (Å²) >= 11 is 0. The number of urea groups is 1. The van der Waals surface area contributed by atoms with E-state index >= 15 is 0 Å². The average molecular weight is 476 g/mol. The number of hydrogen-bond donors (Lipinski definition) is 6. The van der Waals surface area contributed by atoms with Gasteiger partial charge in [0, 0.05) is 19.4 Å². The van der Waals surface area contributed by atoms with E-state index in [1.165, 1.54) is 0 Å². The van der Waals surface area contributed by atoms with Crippen molar-refractivity contribution in [3.8, 4) is 0 Å². The van der Waals surface area contributed by atoms with E-state index in [4.69, 9.17) is 14.9 Å². The van der Waals surface area contributed by atoms with E-state index in [0.717, 1.165) is 0 Å². The Kier molecular flexibility index (Phi) is 13.7. The molecular weight excluding hydrogens is 438 g/mol. The summed E-state index contributed by atoms with van der Waals surface area (Å²) in [5, 5.41) is 34.0. The Morgan fingerprint density at radius 3 is 1.91 bits per heavy atom. The zero-order valence-electron chi connectivity index (χ0n) is 19.7. The first-order valence-corrected chi connectivity index (χ1v) is 10.9. The van der Waals surface area contributed by atoms with E-state index in [0.29, 0.717) is 26.0 Å². The number of carboxylic acid groups (broad SMARTS) is 3. The fourth-order valence-electron chi connectivity index (χ4n) is 2.78. The maximum absolute atomic E-state index is 12.1. The van der Waals surface area contributed by atoms with Crippen LogP contribution in [0.4, 0.5) is 4.79 Å². The number of ether oxygens (including phenoxy) is 1. The van der Waals surface area contributed by atoms with Crippen LogP contribution in [0.5, 0.6) is 0 Å². The van der Waals surface area contributed by atoms with Crippen LogP contribution in [0.3, 0.4) is 0 Å². The third-order valence-corrected chi connectivity index (χ3v) is 4.54. The lowest BCUT2D eigenvalue weighted by Crippen LogP contribution is -2.51. The number of nitrogens with one attached hydrogen (secondary N) is 3. The smallest absolute Gasteiger partial charge is 0.326 e. The first kappa shape index (κ1) is 30.1. The molecule has 0 spiro atoms. The van der Waals surface area contributed by atoms with Crippen molar-refractivity contribution in [2.75, 3.05) is 13.2 Å². The lowest BCUT2D eigenvalue weighted by atomic mass is 9.90. The first-order chi connectivity index (χ1) is 15.2. The minimum atomic E-state index is -1.46. The summed E-state index contributed by atoms with van der Waals surface area (Å²) in [6.07, 6.45) is 0.496. The van der Waals surface area contributed by atoms with Crippen molar-refractivity contribution in [2.24, 2.45) is 5.41 Å². The minimum Gasteiger partial charge on any atom is -0.481 e. The molecule has 0 radical (unpaired) electrons. The van der Waals surface area contributed by atoms with Crippen LogP contribution in [-0.2, 0) is 23.9 Å². The molecule has 2 atom stereocenters. The van der Waals surface area contributed by atoms with Gasteiger partial charge in [0.2, 0.25) is 5.91 Å². The molecule has 0 fully saturated rings. The van der Waals surface area contributed by atoms with Crippen LogP contribution < -0.4 is 16.0 Å². The van der Waals surface area contributed by atoms with Gasteiger partial charge in [0.05, 0.1) is 12.7 Å². The van der Waals surface area contributed by atoms with Crippen molar-refractivity contribution < 1.29 is 44.0 Å². The Balaban J connectivity index is 4.39. The summed E-state index contributed by atoms with van der Waals surface area (Å²) < 4.78 is 5.56. The second-order valence-corrected chi connectivity index (χ2v) is 8.88. The zero-order valence-corrected chi connectivity index (χ0v) is 19.7. The average Bonchev–Trinajstić information content (AvgIpc) is 2.67. The van der Waals surface area contributed by atoms with E-state index in [9.17, 15) is 29.1 Å². The number of aliphatic carboxylic acids is 3. The maximum atomic E-state index is 12.1. The molecule has 0 saturated carbocycles. The van der Waals surface area contributed by atoms with Crippen molar-refractivity contribution in [1.29, 1.82) is 0 Å². The molecule has 0 aliphatic rings. The molecule has 0 aromatic heterocycles. The Bertz CT molecular complexity index is 680.